The first-order valence-corrected chi connectivity index (χ1v) is 5.20. The van der Waals surface area contributed by atoms with Crippen molar-refractivity contribution < 1.29 is 4.84 Å². The van der Waals surface area contributed by atoms with E-state index in [0.29, 0.717) is 5.92 Å². The van der Waals surface area contributed by atoms with Crippen molar-refractivity contribution in [3.63, 3.8) is 0 Å². The second-order valence-electron chi connectivity index (χ2n) is 4.26. The summed E-state index contributed by atoms with van der Waals surface area (Å²) in [7, 11) is 0. The molecule has 0 saturated carbocycles. The van der Waals surface area contributed by atoms with Crippen LogP contribution in [0.4, 0.5) is 0 Å². The summed E-state index contributed by atoms with van der Waals surface area (Å²) in [6.45, 7) is 11.5. The molecule has 0 fully saturated rings. The summed E-state index contributed by atoms with van der Waals surface area (Å²) in [5.41, 5.74) is 1.07. The van der Waals surface area contributed by atoms with Crippen molar-refractivity contribution in [3.8, 4) is 0 Å². The Morgan fingerprint density at radius 3 is 2.31 bits per heavy atom. The average molecular weight is 185 g/mol. The van der Waals surface area contributed by atoms with E-state index in [-0.39, 0.29) is 0 Å². The molecule has 0 spiro atoms. The standard InChI is InChI=1S/C11H23NO/c1-9(2)7-6-8-13-12-11(5)10(3)4/h9-10H,6-8H2,1-5H3/b12-11+. The third-order valence-electron chi connectivity index (χ3n) is 2.06. The molecule has 0 rings (SSSR count). The Morgan fingerprint density at radius 1 is 1.23 bits per heavy atom. The van der Waals surface area contributed by atoms with E-state index < -0.39 is 0 Å². The third-order valence-corrected chi connectivity index (χ3v) is 2.06. The topological polar surface area (TPSA) is 21.6 Å². The predicted molar refractivity (Wildman–Crippen MR) is 58.0 cm³/mol. The zero-order chi connectivity index (χ0) is 10.3. The van der Waals surface area contributed by atoms with Gasteiger partial charge in [0, 0.05) is 0 Å². The molecule has 0 aliphatic rings. The molecule has 0 aromatic heterocycles. The minimum absolute atomic E-state index is 0.491. The molecule has 13 heavy (non-hydrogen) atoms. The fourth-order valence-corrected chi connectivity index (χ4v) is 0.809. The summed E-state index contributed by atoms with van der Waals surface area (Å²) in [6, 6.07) is 0. The van der Waals surface area contributed by atoms with Crippen molar-refractivity contribution in [2.24, 2.45) is 17.0 Å². The van der Waals surface area contributed by atoms with Crippen LogP contribution >= 0.6 is 0 Å². The molecule has 0 aliphatic heterocycles. The molecule has 2 heteroatoms. The first-order valence-electron chi connectivity index (χ1n) is 5.20. The highest BCUT2D eigenvalue weighted by molar-refractivity contribution is 5.83. The second-order valence-corrected chi connectivity index (χ2v) is 4.26. The molecule has 0 radical (unpaired) electrons. The molecule has 0 saturated heterocycles. The van der Waals surface area contributed by atoms with E-state index in [9.17, 15) is 0 Å². The largest absolute Gasteiger partial charge is 0.396 e. The lowest BCUT2D eigenvalue weighted by Gasteiger charge is -2.05. The van der Waals surface area contributed by atoms with Crippen LogP contribution in [0.3, 0.4) is 0 Å². The maximum absolute atomic E-state index is 5.20. The fourth-order valence-electron chi connectivity index (χ4n) is 0.809. The highest BCUT2D eigenvalue weighted by atomic mass is 16.6. The van der Waals surface area contributed by atoms with Crippen LogP contribution in [0.5, 0.6) is 0 Å². The van der Waals surface area contributed by atoms with Gasteiger partial charge in [-0.15, -0.1) is 0 Å². The van der Waals surface area contributed by atoms with E-state index in [1.54, 1.807) is 0 Å². The van der Waals surface area contributed by atoms with Crippen LogP contribution in [0.1, 0.15) is 47.5 Å². The van der Waals surface area contributed by atoms with Crippen molar-refractivity contribution in [1.29, 1.82) is 0 Å². The molecule has 0 aliphatic carbocycles. The summed E-state index contributed by atoms with van der Waals surface area (Å²) in [6.07, 6.45) is 2.32. The molecular formula is C11H23NO. The van der Waals surface area contributed by atoms with Gasteiger partial charge in [0.25, 0.3) is 0 Å². The number of hydrogen-bond acceptors (Lipinski definition) is 2. The van der Waals surface area contributed by atoms with E-state index in [0.717, 1.165) is 24.7 Å². The number of oxime groups is 1. The molecule has 0 atom stereocenters. The van der Waals surface area contributed by atoms with Gasteiger partial charge in [0.05, 0.1) is 5.71 Å². The lowest BCUT2D eigenvalue weighted by Crippen LogP contribution is -2.03. The van der Waals surface area contributed by atoms with Gasteiger partial charge in [0.15, 0.2) is 0 Å². The van der Waals surface area contributed by atoms with Gasteiger partial charge in [0.1, 0.15) is 6.61 Å². The van der Waals surface area contributed by atoms with Crippen molar-refractivity contribution in [3.05, 3.63) is 0 Å². The minimum Gasteiger partial charge on any atom is -0.396 e. The van der Waals surface area contributed by atoms with Crippen molar-refractivity contribution in [1.82, 2.24) is 0 Å². The molecular weight excluding hydrogens is 162 g/mol. The molecule has 0 unspecified atom stereocenters. The smallest absolute Gasteiger partial charge is 0.117 e. The Hall–Kier alpha value is -0.530. The first-order chi connectivity index (χ1) is 6.04. The quantitative estimate of drug-likeness (QED) is 0.353. The number of rotatable bonds is 6. The van der Waals surface area contributed by atoms with Gasteiger partial charge in [-0.2, -0.15) is 0 Å². The highest BCUT2D eigenvalue weighted by Gasteiger charge is 1.98. The first kappa shape index (κ1) is 12.5. The summed E-state index contributed by atoms with van der Waals surface area (Å²) >= 11 is 0. The Morgan fingerprint density at radius 2 is 1.85 bits per heavy atom. The number of hydrogen-bond donors (Lipinski definition) is 0. The Bertz CT molecular complexity index is 150. The molecule has 2 nitrogen and oxygen atoms in total. The molecule has 0 aromatic rings. The van der Waals surface area contributed by atoms with E-state index >= 15 is 0 Å². The van der Waals surface area contributed by atoms with Gasteiger partial charge >= 0.3 is 0 Å². The molecule has 0 aromatic carbocycles. The Kier molecular flexibility index (Phi) is 6.65. The van der Waals surface area contributed by atoms with E-state index in [4.69, 9.17) is 4.84 Å². The predicted octanol–water partition coefficient (Wildman–Crippen LogP) is 3.47. The molecule has 0 amide bonds. The Balaban J connectivity index is 3.39. The maximum Gasteiger partial charge on any atom is 0.117 e. The zero-order valence-electron chi connectivity index (χ0n) is 9.63. The summed E-state index contributed by atoms with van der Waals surface area (Å²) in [5.74, 6) is 1.25. The highest BCUT2D eigenvalue weighted by Crippen LogP contribution is 2.03. The van der Waals surface area contributed by atoms with Crippen LogP contribution in [0.25, 0.3) is 0 Å². The van der Waals surface area contributed by atoms with Crippen LogP contribution in [0.15, 0.2) is 5.16 Å². The SMILES string of the molecule is C/C(=N\OCCCC(C)C)C(C)C. The second kappa shape index (κ2) is 6.93. The van der Waals surface area contributed by atoms with Crippen LogP contribution in [0.2, 0.25) is 0 Å². The van der Waals surface area contributed by atoms with Crippen LogP contribution in [-0.4, -0.2) is 12.3 Å². The lowest BCUT2D eigenvalue weighted by molar-refractivity contribution is 0.136. The van der Waals surface area contributed by atoms with Gasteiger partial charge in [-0.1, -0.05) is 32.9 Å². The van der Waals surface area contributed by atoms with Crippen LogP contribution in [-0.2, 0) is 4.84 Å². The van der Waals surface area contributed by atoms with Gasteiger partial charge in [-0.05, 0) is 31.6 Å². The Labute approximate surface area is 82.4 Å². The average Bonchev–Trinajstić information content (AvgIpc) is 2.02. The molecule has 78 valence electrons. The minimum atomic E-state index is 0.491. The third kappa shape index (κ3) is 7.82. The summed E-state index contributed by atoms with van der Waals surface area (Å²) in [4.78, 5) is 5.20. The number of nitrogens with zero attached hydrogens (tertiary/aromatic N) is 1. The van der Waals surface area contributed by atoms with Crippen LogP contribution in [0, 0.1) is 11.8 Å². The summed E-state index contributed by atoms with van der Waals surface area (Å²) < 4.78 is 0. The van der Waals surface area contributed by atoms with Crippen LogP contribution < -0.4 is 0 Å². The molecule has 0 bridgehead atoms. The van der Waals surface area contributed by atoms with Crippen molar-refractivity contribution in [2.45, 2.75) is 47.5 Å². The van der Waals surface area contributed by atoms with Crippen molar-refractivity contribution >= 4 is 5.71 Å². The van der Waals surface area contributed by atoms with E-state index in [1.807, 2.05) is 6.92 Å². The van der Waals surface area contributed by atoms with Gasteiger partial charge in [-0.25, -0.2) is 0 Å². The van der Waals surface area contributed by atoms with Crippen molar-refractivity contribution in [2.75, 3.05) is 6.61 Å². The van der Waals surface area contributed by atoms with Gasteiger partial charge < -0.3 is 4.84 Å². The normalized spacial score (nSPS) is 12.7. The zero-order valence-corrected chi connectivity index (χ0v) is 9.63. The van der Waals surface area contributed by atoms with E-state index in [1.165, 1.54) is 6.42 Å². The van der Waals surface area contributed by atoms with Gasteiger partial charge in [0.2, 0.25) is 0 Å². The maximum atomic E-state index is 5.20. The van der Waals surface area contributed by atoms with Gasteiger partial charge in [-0.3, -0.25) is 0 Å². The summed E-state index contributed by atoms with van der Waals surface area (Å²) in [5, 5.41) is 4.04. The molecule has 0 heterocycles. The monoisotopic (exact) mass is 185 g/mol. The fraction of sp³-hybridized carbons (Fsp3) is 0.909. The molecule has 0 N–H and O–H groups in total. The lowest BCUT2D eigenvalue weighted by atomic mass is 10.1. The van der Waals surface area contributed by atoms with E-state index in [2.05, 4.69) is 32.9 Å².